The van der Waals surface area contributed by atoms with Gasteiger partial charge in [-0.05, 0) is 49.3 Å². The molecule has 4 N–H and O–H groups in total. The van der Waals surface area contributed by atoms with Gasteiger partial charge in [0.1, 0.15) is 6.04 Å². The van der Waals surface area contributed by atoms with Crippen molar-refractivity contribution in [3.63, 3.8) is 0 Å². The molecule has 3 atom stereocenters. The summed E-state index contributed by atoms with van der Waals surface area (Å²) >= 11 is 0. The third-order valence-corrected chi connectivity index (χ3v) is 6.20. The molecule has 0 spiro atoms. The predicted molar refractivity (Wildman–Crippen MR) is 104 cm³/mol. The highest BCUT2D eigenvalue weighted by Gasteiger charge is 2.39. The number of rotatable bonds is 4. The maximum Gasteiger partial charge on any atom is 0.255 e. The largest absolute Gasteiger partial charge is 0.328 e. The van der Waals surface area contributed by atoms with Crippen molar-refractivity contribution in [2.45, 2.75) is 76.2 Å². The number of benzene rings is 1. The molecule has 7 heteroatoms. The molecule has 3 aliphatic rings. The molecule has 0 radical (unpaired) electrons. The number of imide groups is 1. The number of fused-ring (bicyclic) bond motifs is 1. The van der Waals surface area contributed by atoms with Crippen LogP contribution in [0.2, 0.25) is 0 Å². The fraction of sp³-hybridized carbons (Fsp3) is 0.571. The summed E-state index contributed by atoms with van der Waals surface area (Å²) in [5, 5.41) is 5.95. The molecule has 28 heavy (non-hydrogen) atoms. The molecular formula is C21H28N4O3. The maximum absolute atomic E-state index is 12.9. The number of nitrogens with two attached hydrogens (primary N) is 1. The smallest absolute Gasteiger partial charge is 0.255 e. The molecule has 3 unspecified atom stereocenters. The lowest BCUT2D eigenvalue weighted by Gasteiger charge is -2.29. The molecule has 7 nitrogen and oxygen atoms in total. The molecule has 150 valence electrons. The van der Waals surface area contributed by atoms with E-state index in [9.17, 15) is 14.4 Å². The number of hydrogen-bond acceptors (Lipinski definition) is 5. The Kier molecular flexibility index (Phi) is 5.46. The van der Waals surface area contributed by atoms with Gasteiger partial charge in [-0.3, -0.25) is 19.7 Å². The summed E-state index contributed by atoms with van der Waals surface area (Å²) in [5.74, 6) is -0.754. The summed E-state index contributed by atoms with van der Waals surface area (Å²) in [6.07, 6.45) is 6.21. The van der Waals surface area contributed by atoms with Crippen molar-refractivity contribution in [2.24, 2.45) is 5.73 Å². The molecule has 1 aliphatic carbocycles. The van der Waals surface area contributed by atoms with Gasteiger partial charge >= 0.3 is 0 Å². The van der Waals surface area contributed by atoms with E-state index in [2.05, 4.69) is 16.7 Å². The lowest BCUT2D eigenvalue weighted by molar-refractivity contribution is -0.136. The van der Waals surface area contributed by atoms with Gasteiger partial charge in [-0.25, -0.2) is 0 Å². The number of nitrogens with one attached hydrogen (secondary N) is 2. The zero-order valence-electron chi connectivity index (χ0n) is 16.1. The van der Waals surface area contributed by atoms with Crippen LogP contribution in [0.3, 0.4) is 0 Å². The Morgan fingerprint density at radius 1 is 1.11 bits per heavy atom. The maximum atomic E-state index is 12.9. The van der Waals surface area contributed by atoms with Gasteiger partial charge in [0.15, 0.2) is 0 Å². The molecule has 0 bridgehead atoms. The number of hydrogen-bond donors (Lipinski definition) is 3. The van der Waals surface area contributed by atoms with Crippen LogP contribution in [0.25, 0.3) is 0 Å². The SMILES string of the molecule is NC1CCCC(NCc2ccc3c(c2)C(=O)N(C2CCC(=O)NC2=O)C3)CC1. The van der Waals surface area contributed by atoms with Crippen LogP contribution in [-0.4, -0.2) is 40.7 Å². The first-order valence-corrected chi connectivity index (χ1v) is 10.3. The molecular weight excluding hydrogens is 356 g/mol. The van der Waals surface area contributed by atoms with Crippen LogP contribution in [-0.2, 0) is 22.7 Å². The Labute approximate surface area is 165 Å². The molecule has 1 saturated carbocycles. The highest BCUT2D eigenvalue weighted by atomic mass is 16.2. The van der Waals surface area contributed by atoms with Gasteiger partial charge in [0.2, 0.25) is 11.8 Å². The standard InChI is InChI=1S/C21H28N4O3/c22-15-2-1-3-16(7-6-15)23-11-13-4-5-14-12-25(21(28)17(14)10-13)18-8-9-19(26)24-20(18)27/h4-5,10,15-16,18,23H,1-3,6-9,11-12,22H2,(H,24,26,27). The second-order valence-electron chi connectivity index (χ2n) is 8.24. The molecule has 1 saturated heterocycles. The van der Waals surface area contributed by atoms with Crippen LogP contribution >= 0.6 is 0 Å². The van der Waals surface area contributed by atoms with Crippen molar-refractivity contribution >= 4 is 17.7 Å². The fourth-order valence-electron chi connectivity index (χ4n) is 4.51. The normalized spacial score (nSPS) is 28.1. The first kappa shape index (κ1) is 19.1. The topological polar surface area (TPSA) is 105 Å². The van der Waals surface area contributed by atoms with Crippen molar-refractivity contribution < 1.29 is 14.4 Å². The number of amides is 3. The van der Waals surface area contributed by atoms with Gasteiger partial charge in [0, 0.05) is 37.2 Å². The highest BCUT2D eigenvalue weighted by Crippen LogP contribution is 2.28. The fourth-order valence-corrected chi connectivity index (χ4v) is 4.51. The molecule has 0 aromatic heterocycles. The van der Waals surface area contributed by atoms with Crippen LogP contribution in [0.15, 0.2) is 18.2 Å². The van der Waals surface area contributed by atoms with E-state index in [1.807, 2.05) is 12.1 Å². The molecule has 4 rings (SSSR count). The first-order valence-electron chi connectivity index (χ1n) is 10.3. The second-order valence-corrected chi connectivity index (χ2v) is 8.24. The highest BCUT2D eigenvalue weighted by molar-refractivity contribution is 6.05. The first-order chi connectivity index (χ1) is 13.5. The van der Waals surface area contributed by atoms with Crippen molar-refractivity contribution in [2.75, 3.05) is 0 Å². The predicted octanol–water partition coefficient (Wildman–Crippen LogP) is 1.20. The van der Waals surface area contributed by atoms with Crippen LogP contribution in [0.4, 0.5) is 0 Å². The van der Waals surface area contributed by atoms with Gasteiger partial charge < -0.3 is 16.0 Å². The zero-order chi connectivity index (χ0) is 19.7. The Hall–Kier alpha value is -2.25. The average molecular weight is 384 g/mol. The van der Waals surface area contributed by atoms with E-state index in [1.54, 1.807) is 4.90 Å². The Bertz CT molecular complexity index is 794. The molecule has 2 aliphatic heterocycles. The van der Waals surface area contributed by atoms with Gasteiger partial charge in [0.05, 0.1) is 0 Å². The zero-order valence-corrected chi connectivity index (χ0v) is 16.1. The molecule has 1 aromatic rings. The number of piperidine rings is 1. The Balaban J connectivity index is 1.40. The number of carbonyl (C=O) groups is 3. The third kappa shape index (κ3) is 3.95. The Morgan fingerprint density at radius 3 is 2.79 bits per heavy atom. The minimum atomic E-state index is -0.561. The monoisotopic (exact) mass is 384 g/mol. The van der Waals surface area contributed by atoms with Crippen molar-refractivity contribution in [1.29, 1.82) is 0 Å². The van der Waals surface area contributed by atoms with Crippen LogP contribution in [0.1, 0.15) is 66.4 Å². The lowest BCUT2D eigenvalue weighted by Crippen LogP contribution is -2.52. The minimum Gasteiger partial charge on any atom is -0.328 e. The minimum absolute atomic E-state index is 0.119. The van der Waals surface area contributed by atoms with Crippen LogP contribution < -0.4 is 16.4 Å². The van der Waals surface area contributed by atoms with Gasteiger partial charge in [0.25, 0.3) is 5.91 Å². The lowest BCUT2D eigenvalue weighted by atomic mass is 10.0. The van der Waals surface area contributed by atoms with Crippen molar-refractivity contribution in [3.05, 3.63) is 34.9 Å². The van der Waals surface area contributed by atoms with Crippen LogP contribution in [0, 0.1) is 0 Å². The number of nitrogens with zero attached hydrogens (tertiary/aromatic N) is 1. The summed E-state index contributed by atoms with van der Waals surface area (Å²) in [4.78, 5) is 38.0. The molecule has 3 amide bonds. The van der Waals surface area contributed by atoms with E-state index in [-0.39, 0.29) is 24.1 Å². The summed E-state index contributed by atoms with van der Waals surface area (Å²) in [6.45, 7) is 1.15. The summed E-state index contributed by atoms with van der Waals surface area (Å²) in [7, 11) is 0. The van der Waals surface area contributed by atoms with Gasteiger partial charge in [-0.1, -0.05) is 18.6 Å². The Morgan fingerprint density at radius 2 is 1.96 bits per heavy atom. The number of carbonyl (C=O) groups excluding carboxylic acids is 3. The van der Waals surface area contributed by atoms with Crippen molar-refractivity contribution in [1.82, 2.24) is 15.5 Å². The van der Waals surface area contributed by atoms with Gasteiger partial charge in [-0.15, -0.1) is 0 Å². The summed E-state index contributed by atoms with van der Waals surface area (Å²) in [6, 6.07) is 6.21. The van der Waals surface area contributed by atoms with E-state index in [0.29, 0.717) is 30.6 Å². The summed E-state index contributed by atoms with van der Waals surface area (Å²) < 4.78 is 0. The third-order valence-electron chi connectivity index (χ3n) is 6.20. The molecule has 1 aromatic carbocycles. The van der Waals surface area contributed by atoms with E-state index in [4.69, 9.17) is 5.73 Å². The molecule has 2 heterocycles. The van der Waals surface area contributed by atoms with Crippen LogP contribution in [0.5, 0.6) is 0 Å². The van der Waals surface area contributed by atoms with E-state index in [0.717, 1.165) is 49.8 Å². The second kappa shape index (κ2) is 8.01. The van der Waals surface area contributed by atoms with Crippen molar-refractivity contribution in [3.8, 4) is 0 Å². The van der Waals surface area contributed by atoms with E-state index < -0.39 is 6.04 Å². The molecule has 2 fully saturated rings. The average Bonchev–Trinajstić information content (AvgIpc) is 2.84. The summed E-state index contributed by atoms with van der Waals surface area (Å²) in [5.41, 5.74) is 8.75. The van der Waals surface area contributed by atoms with Gasteiger partial charge in [-0.2, -0.15) is 0 Å². The van der Waals surface area contributed by atoms with E-state index in [1.165, 1.54) is 0 Å². The van der Waals surface area contributed by atoms with E-state index >= 15 is 0 Å². The quantitative estimate of drug-likeness (QED) is 0.534.